The molecular weight excluding hydrogens is 335 g/mol. The van der Waals surface area contributed by atoms with Gasteiger partial charge in [0.15, 0.2) is 11.6 Å². The molecule has 19 heavy (non-hydrogen) atoms. The number of halogens is 3. The summed E-state index contributed by atoms with van der Waals surface area (Å²) in [5.74, 6) is 0.941. The van der Waals surface area contributed by atoms with Crippen molar-refractivity contribution >= 4 is 27.5 Å². The van der Waals surface area contributed by atoms with Gasteiger partial charge >= 0.3 is 0 Å². The van der Waals surface area contributed by atoms with Crippen molar-refractivity contribution in [2.45, 2.75) is 18.8 Å². The predicted molar refractivity (Wildman–Crippen MR) is 73.2 cm³/mol. The van der Waals surface area contributed by atoms with Crippen LogP contribution in [0.1, 0.15) is 24.6 Å². The molecule has 1 aromatic carbocycles. The Balaban J connectivity index is 1.89. The Morgan fingerprint density at radius 3 is 2.74 bits per heavy atom. The fraction of sp³-hybridized carbons (Fsp3) is 0.231. The van der Waals surface area contributed by atoms with Crippen molar-refractivity contribution in [2.24, 2.45) is 0 Å². The maximum atomic E-state index is 13.7. The van der Waals surface area contributed by atoms with Gasteiger partial charge in [-0.2, -0.15) is 4.98 Å². The van der Waals surface area contributed by atoms with Gasteiger partial charge in [-0.05, 0) is 31.0 Å². The molecule has 2 aromatic rings. The summed E-state index contributed by atoms with van der Waals surface area (Å²) in [6.07, 6.45) is 2.12. The van der Waals surface area contributed by atoms with Crippen LogP contribution in [0.5, 0.6) is 11.6 Å². The third-order valence-corrected chi connectivity index (χ3v) is 3.43. The maximum absolute atomic E-state index is 13.7. The second-order valence-corrected chi connectivity index (χ2v) is 5.64. The first kappa shape index (κ1) is 12.8. The predicted octanol–water partition coefficient (Wildman–Crippen LogP) is 4.70. The summed E-state index contributed by atoms with van der Waals surface area (Å²) < 4.78 is 19.8. The van der Waals surface area contributed by atoms with Gasteiger partial charge < -0.3 is 4.74 Å². The molecule has 0 bridgehead atoms. The van der Waals surface area contributed by atoms with Gasteiger partial charge in [0, 0.05) is 16.5 Å². The summed E-state index contributed by atoms with van der Waals surface area (Å²) in [6.45, 7) is 0. The Hall–Kier alpha value is -1.20. The van der Waals surface area contributed by atoms with Gasteiger partial charge in [-0.25, -0.2) is 9.37 Å². The topological polar surface area (TPSA) is 35.0 Å². The zero-order valence-corrected chi connectivity index (χ0v) is 12.1. The molecule has 1 aliphatic carbocycles. The van der Waals surface area contributed by atoms with Crippen LogP contribution in [-0.2, 0) is 0 Å². The van der Waals surface area contributed by atoms with Crippen LogP contribution in [0.2, 0.25) is 5.15 Å². The van der Waals surface area contributed by atoms with Gasteiger partial charge in [-0.1, -0.05) is 27.5 Å². The molecule has 0 saturated heterocycles. The molecule has 98 valence electrons. The van der Waals surface area contributed by atoms with E-state index in [-0.39, 0.29) is 11.6 Å². The molecule has 0 amide bonds. The molecule has 1 saturated carbocycles. The van der Waals surface area contributed by atoms with Crippen LogP contribution in [0.25, 0.3) is 0 Å². The van der Waals surface area contributed by atoms with Gasteiger partial charge in [0.25, 0.3) is 0 Å². The van der Waals surface area contributed by atoms with E-state index in [1.165, 1.54) is 18.2 Å². The SMILES string of the molecule is Fc1cc(Br)ccc1Oc1cc(Cl)nc(C2CC2)n1. The fourth-order valence-corrected chi connectivity index (χ4v) is 2.17. The average Bonchev–Trinajstić information content (AvgIpc) is 3.16. The summed E-state index contributed by atoms with van der Waals surface area (Å²) in [4.78, 5) is 8.41. The Kier molecular flexibility index (Phi) is 3.41. The highest BCUT2D eigenvalue weighted by atomic mass is 79.9. The van der Waals surface area contributed by atoms with Crippen LogP contribution in [0.3, 0.4) is 0 Å². The number of hydrogen-bond donors (Lipinski definition) is 0. The minimum atomic E-state index is -0.461. The maximum Gasteiger partial charge on any atom is 0.224 e. The van der Waals surface area contributed by atoms with E-state index in [9.17, 15) is 4.39 Å². The molecule has 3 rings (SSSR count). The summed E-state index contributed by atoms with van der Waals surface area (Å²) in [7, 11) is 0. The first-order valence-electron chi connectivity index (χ1n) is 5.79. The Morgan fingerprint density at radius 1 is 1.26 bits per heavy atom. The molecule has 1 aromatic heterocycles. The highest BCUT2D eigenvalue weighted by Gasteiger charge is 2.27. The smallest absolute Gasteiger partial charge is 0.224 e. The van der Waals surface area contributed by atoms with Crippen molar-refractivity contribution in [2.75, 3.05) is 0 Å². The van der Waals surface area contributed by atoms with E-state index < -0.39 is 5.82 Å². The Labute approximate surface area is 122 Å². The van der Waals surface area contributed by atoms with Crippen molar-refractivity contribution in [3.63, 3.8) is 0 Å². The van der Waals surface area contributed by atoms with Crippen LogP contribution >= 0.6 is 27.5 Å². The van der Waals surface area contributed by atoms with Crippen LogP contribution in [0, 0.1) is 5.82 Å². The summed E-state index contributed by atoms with van der Waals surface area (Å²) in [5, 5.41) is 0.310. The second-order valence-electron chi connectivity index (χ2n) is 4.34. The van der Waals surface area contributed by atoms with E-state index >= 15 is 0 Å². The molecule has 0 aliphatic heterocycles. The van der Waals surface area contributed by atoms with Gasteiger partial charge in [0.1, 0.15) is 11.0 Å². The first-order valence-corrected chi connectivity index (χ1v) is 6.96. The van der Waals surface area contributed by atoms with E-state index in [0.29, 0.717) is 21.4 Å². The molecular formula is C13H9BrClFN2O. The monoisotopic (exact) mass is 342 g/mol. The van der Waals surface area contributed by atoms with Crippen LogP contribution in [0.4, 0.5) is 4.39 Å². The lowest BCUT2D eigenvalue weighted by atomic mass is 10.3. The van der Waals surface area contributed by atoms with Crippen molar-refractivity contribution in [1.82, 2.24) is 9.97 Å². The molecule has 1 fully saturated rings. The highest BCUT2D eigenvalue weighted by Crippen LogP contribution is 2.39. The van der Waals surface area contributed by atoms with Crippen molar-refractivity contribution in [3.05, 3.63) is 45.5 Å². The summed E-state index contributed by atoms with van der Waals surface area (Å²) in [6, 6.07) is 6.05. The normalized spacial score (nSPS) is 14.5. The molecule has 3 nitrogen and oxygen atoms in total. The number of nitrogens with zero attached hydrogens (tertiary/aromatic N) is 2. The molecule has 6 heteroatoms. The third kappa shape index (κ3) is 3.04. The number of aromatic nitrogens is 2. The lowest BCUT2D eigenvalue weighted by molar-refractivity contribution is 0.424. The molecule has 0 spiro atoms. The second kappa shape index (κ2) is 5.06. The standard InChI is InChI=1S/C13H9BrClFN2O/c14-8-3-4-10(9(16)5-8)19-12-6-11(15)17-13(18-12)7-1-2-7/h3-7H,1-2H2. The van der Waals surface area contributed by atoms with E-state index in [1.54, 1.807) is 6.07 Å². The average molecular weight is 344 g/mol. The first-order chi connectivity index (χ1) is 9.11. The van der Waals surface area contributed by atoms with E-state index in [1.807, 2.05) is 0 Å². The third-order valence-electron chi connectivity index (χ3n) is 2.74. The van der Waals surface area contributed by atoms with Crippen molar-refractivity contribution < 1.29 is 9.13 Å². The van der Waals surface area contributed by atoms with Gasteiger partial charge in [-0.3, -0.25) is 0 Å². The van der Waals surface area contributed by atoms with Crippen LogP contribution in [-0.4, -0.2) is 9.97 Å². The van der Waals surface area contributed by atoms with Gasteiger partial charge in [-0.15, -0.1) is 0 Å². The van der Waals surface area contributed by atoms with Crippen LogP contribution < -0.4 is 4.74 Å². The van der Waals surface area contributed by atoms with Crippen LogP contribution in [0.15, 0.2) is 28.7 Å². The molecule has 0 unspecified atom stereocenters. The number of hydrogen-bond acceptors (Lipinski definition) is 3. The van der Waals surface area contributed by atoms with Gasteiger partial charge in [0.05, 0.1) is 0 Å². The number of benzene rings is 1. The molecule has 0 N–H and O–H groups in total. The molecule has 1 heterocycles. The Bertz CT molecular complexity index is 634. The van der Waals surface area contributed by atoms with Crippen molar-refractivity contribution in [3.8, 4) is 11.6 Å². The Morgan fingerprint density at radius 2 is 2.05 bits per heavy atom. The fourth-order valence-electron chi connectivity index (χ4n) is 1.66. The number of ether oxygens (including phenoxy) is 1. The zero-order chi connectivity index (χ0) is 13.4. The zero-order valence-electron chi connectivity index (χ0n) is 9.74. The largest absolute Gasteiger partial charge is 0.436 e. The summed E-state index contributed by atoms with van der Waals surface area (Å²) >= 11 is 9.11. The van der Waals surface area contributed by atoms with E-state index in [4.69, 9.17) is 16.3 Å². The lowest BCUT2D eigenvalue weighted by Crippen LogP contribution is -1.97. The van der Waals surface area contributed by atoms with E-state index in [2.05, 4.69) is 25.9 Å². The van der Waals surface area contributed by atoms with E-state index in [0.717, 1.165) is 12.8 Å². The molecule has 0 atom stereocenters. The lowest BCUT2D eigenvalue weighted by Gasteiger charge is -2.07. The molecule has 1 aliphatic rings. The number of rotatable bonds is 3. The van der Waals surface area contributed by atoms with Crippen molar-refractivity contribution in [1.29, 1.82) is 0 Å². The minimum Gasteiger partial charge on any atom is -0.436 e. The molecule has 0 radical (unpaired) electrons. The highest BCUT2D eigenvalue weighted by molar-refractivity contribution is 9.10. The summed E-state index contributed by atoms with van der Waals surface area (Å²) in [5.41, 5.74) is 0. The minimum absolute atomic E-state index is 0.111. The van der Waals surface area contributed by atoms with Gasteiger partial charge in [0.2, 0.25) is 5.88 Å². The quantitative estimate of drug-likeness (QED) is 0.758.